The number of rotatable bonds is 8. The van der Waals surface area contributed by atoms with E-state index in [-0.39, 0.29) is 17.3 Å². The molecule has 0 saturated heterocycles. The van der Waals surface area contributed by atoms with Crippen molar-refractivity contribution in [2.45, 2.75) is 25.0 Å². The highest BCUT2D eigenvalue weighted by Crippen LogP contribution is 2.12. The highest BCUT2D eigenvalue weighted by Gasteiger charge is 2.10. The third-order valence-corrected chi connectivity index (χ3v) is 3.14. The van der Waals surface area contributed by atoms with Gasteiger partial charge in [-0.3, -0.25) is 9.36 Å². The second-order valence-corrected chi connectivity index (χ2v) is 4.49. The summed E-state index contributed by atoms with van der Waals surface area (Å²) >= 11 is 1.24. The summed E-state index contributed by atoms with van der Waals surface area (Å²) in [6, 6.07) is 0. The quantitative estimate of drug-likeness (QED) is 0.508. The summed E-state index contributed by atoms with van der Waals surface area (Å²) in [7, 11) is 1.61. The zero-order chi connectivity index (χ0) is 13.4. The molecule has 2 N–H and O–H groups in total. The molecule has 1 amide bonds. The average molecular weight is 274 g/mol. The Morgan fingerprint density at radius 2 is 2.39 bits per heavy atom. The van der Waals surface area contributed by atoms with Crippen LogP contribution in [-0.2, 0) is 16.1 Å². The number of carbonyl (C=O) groups is 1. The first-order chi connectivity index (χ1) is 8.69. The number of carbonyl (C=O) groups excluding carboxylic acids is 1. The summed E-state index contributed by atoms with van der Waals surface area (Å²) in [6.07, 6.45) is 0.727. The second-order valence-electron chi connectivity index (χ2n) is 3.55. The SMILES string of the molecule is CCNC(=O)CSc1n[nH]c(=O)n1CCCOC. The fourth-order valence-electron chi connectivity index (χ4n) is 1.36. The smallest absolute Gasteiger partial charge is 0.343 e. The normalized spacial score (nSPS) is 10.6. The Balaban J connectivity index is 2.54. The molecule has 1 rings (SSSR count). The molecule has 0 saturated carbocycles. The largest absolute Gasteiger partial charge is 0.385 e. The van der Waals surface area contributed by atoms with Crippen molar-refractivity contribution in [3.05, 3.63) is 10.5 Å². The number of methoxy groups -OCH3 is 1. The van der Waals surface area contributed by atoms with Gasteiger partial charge in [0.05, 0.1) is 5.75 Å². The first-order valence-corrected chi connectivity index (χ1v) is 6.71. The number of thioether (sulfide) groups is 1. The van der Waals surface area contributed by atoms with Gasteiger partial charge in [0.25, 0.3) is 0 Å². The lowest BCUT2D eigenvalue weighted by atomic mass is 10.4. The minimum Gasteiger partial charge on any atom is -0.385 e. The van der Waals surface area contributed by atoms with Gasteiger partial charge < -0.3 is 10.1 Å². The molecule has 0 spiro atoms. The molecule has 1 aromatic heterocycles. The van der Waals surface area contributed by atoms with Gasteiger partial charge in [0.1, 0.15) is 0 Å². The predicted molar refractivity (Wildman–Crippen MR) is 68.7 cm³/mol. The van der Waals surface area contributed by atoms with E-state index in [0.29, 0.717) is 24.9 Å². The van der Waals surface area contributed by atoms with E-state index in [1.165, 1.54) is 16.3 Å². The minimum atomic E-state index is -0.260. The van der Waals surface area contributed by atoms with Crippen LogP contribution in [0.25, 0.3) is 0 Å². The Morgan fingerprint density at radius 1 is 1.61 bits per heavy atom. The van der Waals surface area contributed by atoms with Crippen molar-refractivity contribution in [3.63, 3.8) is 0 Å². The molecule has 7 nitrogen and oxygen atoms in total. The topological polar surface area (TPSA) is 89.0 Å². The van der Waals surface area contributed by atoms with Crippen LogP contribution in [0.5, 0.6) is 0 Å². The third kappa shape index (κ3) is 4.53. The van der Waals surface area contributed by atoms with Crippen LogP contribution < -0.4 is 11.0 Å². The van der Waals surface area contributed by atoms with E-state index in [2.05, 4.69) is 15.5 Å². The Bertz CT molecular complexity index is 429. The van der Waals surface area contributed by atoms with Gasteiger partial charge in [-0.15, -0.1) is 5.10 Å². The molecule has 1 heterocycles. The maximum Gasteiger partial charge on any atom is 0.343 e. The van der Waals surface area contributed by atoms with Crippen molar-refractivity contribution >= 4 is 17.7 Å². The molecule has 8 heteroatoms. The Kier molecular flexibility index (Phi) is 6.51. The lowest BCUT2D eigenvalue weighted by Crippen LogP contribution is -2.25. The van der Waals surface area contributed by atoms with Gasteiger partial charge in [0.2, 0.25) is 5.91 Å². The highest BCUT2D eigenvalue weighted by atomic mass is 32.2. The van der Waals surface area contributed by atoms with Gasteiger partial charge in [-0.05, 0) is 13.3 Å². The van der Waals surface area contributed by atoms with Crippen molar-refractivity contribution in [3.8, 4) is 0 Å². The Morgan fingerprint density at radius 3 is 3.06 bits per heavy atom. The van der Waals surface area contributed by atoms with E-state index in [9.17, 15) is 9.59 Å². The fraction of sp³-hybridized carbons (Fsp3) is 0.700. The number of amides is 1. The van der Waals surface area contributed by atoms with Gasteiger partial charge in [-0.2, -0.15) is 0 Å². The molecular weight excluding hydrogens is 256 g/mol. The van der Waals surface area contributed by atoms with Crippen molar-refractivity contribution in [2.75, 3.05) is 26.0 Å². The van der Waals surface area contributed by atoms with Crippen LogP contribution in [0.3, 0.4) is 0 Å². The number of nitrogens with zero attached hydrogens (tertiary/aromatic N) is 2. The second kappa shape index (κ2) is 7.93. The zero-order valence-corrected chi connectivity index (χ0v) is 11.4. The van der Waals surface area contributed by atoms with Crippen molar-refractivity contribution < 1.29 is 9.53 Å². The molecule has 0 unspecified atom stereocenters. The number of H-pyrrole nitrogens is 1. The molecule has 102 valence electrons. The van der Waals surface area contributed by atoms with Crippen molar-refractivity contribution in [1.82, 2.24) is 20.1 Å². The van der Waals surface area contributed by atoms with Gasteiger partial charge in [0.15, 0.2) is 5.16 Å². The monoisotopic (exact) mass is 274 g/mol. The molecule has 1 aromatic rings. The number of hydrogen-bond acceptors (Lipinski definition) is 5. The first kappa shape index (κ1) is 14.8. The minimum absolute atomic E-state index is 0.0682. The number of aromatic amines is 1. The maximum absolute atomic E-state index is 11.5. The van der Waals surface area contributed by atoms with Crippen LogP contribution >= 0.6 is 11.8 Å². The third-order valence-electron chi connectivity index (χ3n) is 2.16. The molecule has 0 aliphatic heterocycles. The summed E-state index contributed by atoms with van der Waals surface area (Å²) in [4.78, 5) is 22.8. The molecule has 0 radical (unpaired) electrons. The predicted octanol–water partition coefficient (Wildman–Crippen LogP) is -0.164. The molecule has 18 heavy (non-hydrogen) atoms. The molecule has 0 aromatic carbocycles. The molecule has 0 bridgehead atoms. The summed E-state index contributed by atoms with van der Waals surface area (Å²) < 4.78 is 6.45. The van der Waals surface area contributed by atoms with Gasteiger partial charge in [0, 0.05) is 26.8 Å². The summed E-state index contributed by atoms with van der Waals surface area (Å²) in [5.74, 6) is 0.184. The van der Waals surface area contributed by atoms with E-state index in [4.69, 9.17) is 4.74 Å². The zero-order valence-electron chi connectivity index (χ0n) is 10.6. The lowest BCUT2D eigenvalue weighted by Gasteiger charge is -2.05. The van der Waals surface area contributed by atoms with Crippen LogP contribution in [0.1, 0.15) is 13.3 Å². The van der Waals surface area contributed by atoms with E-state index >= 15 is 0 Å². The van der Waals surface area contributed by atoms with Crippen LogP contribution in [0, 0.1) is 0 Å². The molecule has 0 atom stereocenters. The maximum atomic E-state index is 11.5. The van der Waals surface area contributed by atoms with Crippen LogP contribution in [0.4, 0.5) is 0 Å². The lowest BCUT2D eigenvalue weighted by molar-refractivity contribution is -0.118. The molecule has 0 aliphatic rings. The van der Waals surface area contributed by atoms with Crippen LogP contribution in [0.15, 0.2) is 9.95 Å². The van der Waals surface area contributed by atoms with E-state index in [0.717, 1.165) is 6.42 Å². The molecular formula is C10H18N4O3S. The summed E-state index contributed by atoms with van der Waals surface area (Å²) in [6.45, 7) is 3.57. The number of hydrogen-bond donors (Lipinski definition) is 2. The standard InChI is InChI=1S/C10H18N4O3S/c1-3-11-8(15)7-18-10-13-12-9(16)14(10)5-4-6-17-2/h3-7H2,1-2H3,(H,11,15)(H,12,16). The highest BCUT2D eigenvalue weighted by molar-refractivity contribution is 7.99. The van der Waals surface area contributed by atoms with Gasteiger partial charge >= 0.3 is 5.69 Å². The molecule has 0 aliphatic carbocycles. The number of nitrogens with one attached hydrogen (secondary N) is 2. The summed E-state index contributed by atoms with van der Waals surface area (Å²) in [5, 5.41) is 9.50. The number of aromatic nitrogens is 3. The van der Waals surface area contributed by atoms with E-state index < -0.39 is 0 Å². The van der Waals surface area contributed by atoms with Crippen molar-refractivity contribution in [2.24, 2.45) is 0 Å². The van der Waals surface area contributed by atoms with Gasteiger partial charge in [-0.1, -0.05) is 11.8 Å². The van der Waals surface area contributed by atoms with Crippen molar-refractivity contribution in [1.29, 1.82) is 0 Å². The Hall–Kier alpha value is -1.28. The summed E-state index contributed by atoms with van der Waals surface area (Å²) in [5.41, 5.74) is -0.260. The van der Waals surface area contributed by atoms with Gasteiger partial charge in [-0.25, -0.2) is 9.89 Å². The molecule has 0 fully saturated rings. The van der Waals surface area contributed by atoms with Crippen LogP contribution in [-0.4, -0.2) is 46.7 Å². The average Bonchev–Trinajstić information content (AvgIpc) is 2.69. The van der Waals surface area contributed by atoms with E-state index in [1.54, 1.807) is 7.11 Å². The fourth-order valence-corrected chi connectivity index (χ4v) is 2.16. The van der Waals surface area contributed by atoms with Crippen LogP contribution in [0.2, 0.25) is 0 Å². The van der Waals surface area contributed by atoms with E-state index in [1.807, 2.05) is 6.92 Å². The first-order valence-electron chi connectivity index (χ1n) is 5.72. The Labute approximate surface area is 109 Å². The number of ether oxygens (including phenoxy) is 1.